The van der Waals surface area contributed by atoms with Gasteiger partial charge in [0.2, 0.25) is 0 Å². The summed E-state index contributed by atoms with van der Waals surface area (Å²) < 4.78 is 0. The second-order valence-electron chi connectivity index (χ2n) is 6.94. The highest BCUT2D eigenvalue weighted by atomic mass is 15.3. The fraction of sp³-hybridized carbons (Fsp3) is 0.667. The molecule has 1 aromatic rings. The molecule has 0 aromatic heterocycles. The maximum absolute atomic E-state index is 2.82. The molecule has 3 atom stereocenters. The van der Waals surface area contributed by atoms with E-state index in [1.807, 2.05) is 0 Å². The second-order valence-corrected chi connectivity index (χ2v) is 6.94. The lowest BCUT2D eigenvalue weighted by atomic mass is 9.85. The van der Waals surface area contributed by atoms with Crippen molar-refractivity contribution in [2.24, 2.45) is 0 Å². The van der Waals surface area contributed by atoms with Gasteiger partial charge in [-0.15, -0.1) is 0 Å². The van der Waals surface area contributed by atoms with Gasteiger partial charge in [0, 0.05) is 31.2 Å². The Balaban J connectivity index is 1.61. The number of benzene rings is 1. The standard InChI is InChI=1S/C18H26N2/c1-14-12-19-11-5-8-16(19)13-20(14)18-10-4-7-15-6-2-3-9-17(15)18/h2-3,6,9,14,16,18H,4-5,7-8,10-13H2,1H3. The number of hydrogen-bond donors (Lipinski definition) is 0. The summed E-state index contributed by atoms with van der Waals surface area (Å²) in [4.78, 5) is 5.56. The minimum Gasteiger partial charge on any atom is -0.298 e. The highest BCUT2D eigenvalue weighted by molar-refractivity contribution is 5.32. The Kier molecular flexibility index (Phi) is 3.31. The van der Waals surface area contributed by atoms with Crippen LogP contribution in [0.1, 0.15) is 49.8 Å². The van der Waals surface area contributed by atoms with Crippen LogP contribution in [0, 0.1) is 0 Å². The van der Waals surface area contributed by atoms with Gasteiger partial charge in [0.25, 0.3) is 0 Å². The zero-order valence-electron chi connectivity index (χ0n) is 12.6. The third kappa shape index (κ3) is 2.10. The first kappa shape index (κ1) is 12.8. The lowest BCUT2D eigenvalue weighted by Crippen LogP contribution is -2.56. The smallest absolute Gasteiger partial charge is 0.0354 e. The summed E-state index contributed by atoms with van der Waals surface area (Å²) in [5.74, 6) is 0. The summed E-state index contributed by atoms with van der Waals surface area (Å²) in [5.41, 5.74) is 3.22. The summed E-state index contributed by atoms with van der Waals surface area (Å²) in [5, 5.41) is 0. The van der Waals surface area contributed by atoms with Crippen LogP contribution in [0.5, 0.6) is 0 Å². The molecule has 2 nitrogen and oxygen atoms in total. The van der Waals surface area contributed by atoms with Crippen LogP contribution in [0.2, 0.25) is 0 Å². The van der Waals surface area contributed by atoms with Crippen LogP contribution in [0.25, 0.3) is 0 Å². The Morgan fingerprint density at radius 3 is 2.90 bits per heavy atom. The molecule has 2 fully saturated rings. The van der Waals surface area contributed by atoms with Crippen molar-refractivity contribution in [3.63, 3.8) is 0 Å². The van der Waals surface area contributed by atoms with Crippen LogP contribution in [0.15, 0.2) is 24.3 Å². The molecular weight excluding hydrogens is 244 g/mol. The molecule has 1 aliphatic carbocycles. The van der Waals surface area contributed by atoms with Crippen molar-refractivity contribution in [3.8, 4) is 0 Å². The Bertz CT molecular complexity index is 484. The molecule has 2 heteroatoms. The molecule has 0 saturated carbocycles. The number of hydrogen-bond acceptors (Lipinski definition) is 2. The van der Waals surface area contributed by atoms with E-state index in [0.29, 0.717) is 12.1 Å². The largest absolute Gasteiger partial charge is 0.298 e. The first-order valence-corrected chi connectivity index (χ1v) is 8.40. The Hall–Kier alpha value is -0.860. The fourth-order valence-corrected chi connectivity index (χ4v) is 4.72. The van der Waals surface area contributed by atoms with Gasteiger partial charge >= 0.3 is 0 Å². The molecule has 0 radical (unpaired) electrons. The highest BCUT2D eigenvalue weighted by Crippen LogP contribution is 2.38. The Morgan fingerprint density at radius 1 is 1.05 bits per heavy atom. The van der Waals surface area contributed by atoms with E-state index in [0.717, 1.165) is 6.04 Å². The van der Waals surface area contributed by atoms with E-state index in [4.69, 9.17) is 0 Å². The van der Waals surface area contributed by atoms with E-state index in [1.165, 1.54) is 51.7 Å². The molecule has 2 heterocycles. The zero-order chi connectivity index (χ0) is 13.5. The first-order chi connectivity index (χ1) is 9.83. The first-order valence-electron chi connectivity index (χ1n) is 8.40. The molecule has 2 aliphatic heterocycles. The number of piperazine rings is 1. The predicted octanol–water partition coefficient (Wildman–Crippen LogP) is 3.23. The molecule has 0 bridgehead atoms. The van der Waals surface area contributed by atoms with Gasteiger partial charge in [-0.1, -0.05) is 24.3 Å². The van der Waals surface area contributed by atoms with Gasteiger partial charge in [0.15, 0.2) is 0 Å². The molecule has 2 saturated heterocycles. The van der Waals surface area contributed by atoms with Crippen molar-refractivity contribution >= 4 is 0 Å². The topological polar surface area (TPSA) is 6.48 Å². The van der Waals surface area contributed by atoms with Gasteiger partial charge in [-0.05, 0) is 56.7 Å². The highest BCUT2D eigenvalue weighted by Gasteiger charge is 2.38. The van der Waals surface area contributed by atoms with E-state index in [-0.39, 0.29) is 0 Å². The van der Waals surface area contributed by atoms with Gasteiger partial charge < -0.3 is 0 Å². The van der Waals surface area contributed by atoms with Crippen LogP contribution in [-0.4, -0.2) is 41.5 Å². The van der Waals surface area contributed by atoms with Crippen molar-refractivity contribution < 1.29 is 0 Å². The zero-order valence-corrected chi connectivity index (χ0v) is 12.6. The Labute approximate surface area is 122 Å². The minimum absolute atomic E-state index is 0.678. The van der Waals surface area contributed by atoms with Crippen LogP contribution in [-0.2, 0) is 6.42 Å². The number of aryl methyl sites for hydroxylation is 1. The van der Waals surface area contributed by atoms with Crippen molar-refractivity contribution in [3.05, 3.63) is 35.4 Å². The molecule has 0 spiro atoms. The molecule has 3 aliphatic rings. The lowest BCUT2D eigenvalue weighted by Gasteiger charge is -2.47. The van der Waals surface area contributed by atoms with Crippen molar-refractivity contribution in [1.29, 1.82) is 0 Å². The van der Waals surface area contributed by atoms with E-state index in [2.05, 4.69) is 41.0 Å². The van der Waals surface area contributed by atoms with Crippen molar-refractivity contribution in [1.82, 2.24) is 9.80 Å². The summed E-state index contributed by atoms with van der Waals surface area (Å²) in [6.45, 7) is 6.35. The summed E-state index contributed by atoms with van der Waals surface area (Å²) in [6.07, 6.45) is 6.82. The Morgan fingerprint density at radius 2 is 1.95 bits per heavy atom. The third-order valence-electron chi connectivity index (χ3n) is 5.72. The van der Waals surface area contributed by atoms with Crippen molar-refractivity contribution in [2.75, 3.05) is 19.6 Å². The van der Waals surface area contributed by atoms with Gasteiger partial charge in [-0.3, -0.25) is 9.80 Å². The normalized spacial score (nSPS) is 34.8. The average molecular weight is 270 g/mol. The SMILES string of the molecule is CC1CN2CCCC2CN1C1CCCc2ccccc21. The van der Waals surface area contributed by atoms with Gasteiger partial charge in [0.1, 0.15) is 0 Å². The van der Waals surface area contributed by atoms with E-state index in [9.17, 15) is 0 Å². The monoisotopic (exact) mass is 270 g/mol. The molecule has 20 heavy (non-hydrogen) atoms. The maximum atomic E-state index is 2.82. The van der Waals surface area contributed by atoms with E-state index >= 15 is 0 Å². The molecular formula is C18H26N2. The molecule has 1 aromatic carbocycles. The summed E-state index contributed by atoms with van der Waals surface area (Å²) in [6, 6.07) is 11.4. The summed E-state index contributed by atoms with van der Waals surface area (Å²) in [7, 11) is 0. The molecule has 108 valence electrons. The third-order valence-corrected chi connectivity index (χ3v) is 5.72. The molecule has 0 amide bonds. The lowest BCUT2D eigenvalue weighted by molar-refractivity contribution is 0.0217. The van der Waals surface area contributed by atoms with E-state index < -0.39 is 0 Å². The van der Waals surface area contributed by atoms with Crippen LogP contribution in [0.4, 0.5) is 0 Å². The van der Waals surface area contributed by atoms with Gasteiger partial charge in [-0.25, -0.2) is 0 Å². The number of nitrogens with zero attached hydrogens (tertiary/aromatic N) is 2. The predicted molar refractivity (Wildman–Crippen MR) is 82.9 cm³/mol. The average Bonchev–Trinajstić information content (AvgIpc) is 2.93. The quantitative estimate of drug-likeness (QED) is 0.773. The fourth-order valence-electron chi connectivity index (χ4n) is 4.72. The summed E-state index contributed by atoms with van der Waals surface area (Å²) >= 11 is 0. The van der Waals surface area contributed by atoms with Gasteiger partial charge in [0.05, 0.1) is 0 Å². The molecule has 3 unspecified atom stereocenters. The maximum Gasteiger partial charge on any atom is 0.0354 e. The van der Waals surface area contributed by atoms with Crippen LogP contribution in [0.3, 0.4) is 0 Å². The van der Waals surface area contributed by atoms with E-state index in [1.54, 1.807) is 11.1 Å². The minimum atomic E-state index is 0.678. The van der Waals surface area contributed by atoms with Crippen LogP contribution < -0.4 is 0 Å². The molecule has 4 rings (SSSR count). The number of rotatable bonds is 1. The van der Waals surface area contributed by atoms with Crippen molar-refractivity contribution in [2.45, 2.75) is 57.2 Å². The second kappa shape index (κ2) is 5.16. The molecule has 0 N–H and O–H groups in total. The number of fused-ring (bicyclic) bond motifs is 2. The van der Waals surface area contributed by atoms with Crippen LogP contribution >= 0.6 is 0 Å². The van der Waals surface area contributed by atoms with Gasteiger partial charge in [-0.2, -0.15) is 0 Å².